The van der Waals surface area contributed by atoms with E-state index >= 15 is 0 Å². The van der Waals surface area contributed by atoms with Gasteiger partial charge in [-0.05, 0) is 82.3 Å². The van der Waals surface area contributed by atoms with E-state index in [0.29, 0.717) is 13.1 Å². The third-order valence-electron chi connectivity index (χ3n) is 5.63. The minimum atomic E-state index is -0.758. The zero-order valence-corrected chi connectivity index (χ0v) is 15.3. The van der Waals surface area contributed by atoms with Gasteiger partial charge >= 0.3 is 0 Å². The normalized spacial score (nSPS) is 25.2. The van der Waals surface area contributed by atoms with Crippen LogP contribution in [0.15, 0.2) is 12.1 Å². The summed E-state index contributed by atoms with van der Waals surface area (Å²) in [5, 5.41) is 11.0. The Bertz CT molecular complexity index is 622. The number of rotatable bonds is 3. The Kier molecular flexibility index (Phi) is 4.97. The van der Waals surface area contributed by atoms with E-state index in [4.69, 9.17) is 0 Å². The first-order valence-electron chi connectivity index (χ1n) is 9.20. The van der Waals surface area contributed by atoms with Crippen LogP contribution in [0.2, 0.25) is 0 Å². The lowest BCUT2D eigenvalue weighted by atomic mass is 9.91. The fourth-order valence-corrected chi connectivity index (χ4v) is 4.13. The van der Waals surface area contributed by atoms with Crippen LogP contribution in [-0.4, -0.2) is 59.1 Å². The molecule has 2 heterocycles. The van der Waals surface area contributed by atoms with E-state index in [2.05, 4.69) is 17.9 Å². The molecule has 0 spiro atoms. The summed E-state index contributed by atoms with van der Waals surface area (Å²) in [6.07, 6.45) is 4.11. The highest BCUT2D eigenvalue weighted by Gasteiger charge is 2.37. The molecule has 3 rings (SSSR count). The van der Waals surface area contributed by atoms with Crippen molar-refractivity contribution in [3.63, 3.8) is 0 Å². The standard InChI is InChI=1S/C20H30N2O2/c1-15-11-17(3)18(12-16(15)2)19(23)22-10-6-7-20(24,14-22)13-21-8-4-5-9-21/h11-12,24H,4-10,13-14H2,1-3H3. The molecule has 24 heavy (non-hydrogen) atoms. The van der Waals surface area contributed by atoms with Crippen molar-refractivity contribution in [3.8, 4) is 0 Å². The molecule has 1 aromatic rings. The number of carbonyl (C=O) groups excluding carboxylic acids is 1. The van der Waals surface area contributed by atoms with Gasteiger partial charge in [-0.15, -0.1) is 0 Å². The molecular weight excluding hydrogens is 300 g/mol. The van der Waals surface area contributed by atoms with Crippen LogP contribution in [0.5, 0.6) is 0 Å². The maximum atomic E-state index is 13.0. The summed E-state index contributed by atoms with van der Waals surface area (Å²) in [7, 11) is 0. The Labute approximate surface area is 145 Å². The molecule has 0 saturated carbocycles. The Morgan fingerprint density at radius 3 is 2.42 bits per heavy atom. The second-order valence-corrected chi connectivity index (χ2v) is 7.79. The second kappa shape index (κ2) is 6.85. The van der Waals surface area contributed by atoms with Crippen LogP contribution in [0.1, 0.15) is 52.7 Å². The van der Waals surface area contributed by atoms with Crippen molar-refractivity contribution in [3.05, 3.63) is 34.4 Å². The lowest BCUT2D eigenvalue weighted by Gasteiger charge is -2.41. The highest BCUT2D eigenvalue weighted by molar-refractivity contribution is 5.96. The largest absolute Gasteiger partial charge is 0.387 e. The van der Waals surface area contributed by atoms with Gasteiger partial charge < -0.3 is 14.9 Å². The van der Waals surface area contributed by atoms with E-state index in [1.165, 1.54) is 18.4 Å². The van der Waals surface area contributed by atoms with Crippen molar-refractivity contribution in [1.82, 2.24) is 9.80 Å². The van der Waals surface area contributed by atoms with Crippen LogP contribution < -0.4 is 0 Å². The van der Waals surface area contributed by atoms with Gasteiger partial charge in [-0.1, -0.05) is 6.07 Å². The third-order valence-corrected chi connectivity index (χ3v) is 5.63. The highest BCUT2D eigenvalue weighted by atomic mass is 16.3. The summed E-state index contributed by atoms with van der Waals surface area (Å²) < 4.78 is 0. The average Bonchev–Trinajstić information content (AvgIpc) is 3.02. The molecule has 4 nitrogen and oxygen atoms in total. The Morgan fingerprint density at radius 2 is 1.71 bits per heavy atom. The first kappa shape index (κ1) is 17.4. The smallest absolute Gasteiger partial charge is 0.254 e. The lowest BCUT2D eigenvalue weighted by molar-refractivity contribution is -0.0431. The Hall–Kier alpha value is -1.39. The van der Waals surface area contributed by atoms with Gasteiger partial charge in [-0.25, -0.2) is 0 Å². The fourth-order valence-electron chi connectivity index (χ4n) is 4.13. The number of likely N-dealkylation sites (tertiary alicyclic amines) is 2. The zero-order chi connectivity index (χ0) is 17.3. The molecule has 1 amide bonds. The van der Waals surface area contributed by atoms with E-state index in [9.17, 15) is 9.90 Å². The Balaban J connectivity index is 1.74. The fraction of sp³-hybridized carbons (Fsp3) is 0.650. The number of hydrogen-bond acceptors (Lipinski definition) is 3. The molecule has 4 heteroatoms. The van der Waals surface area contributed by atoms with Gasteiger partial charge in [-0.3, -0.25) is 4.79 Å². The number of amides is 1. The van der Waals surface area contributed by atoms with Gasteiger partial charge in [0.15, 0.2) is 0 Å². The van der Waals surface area contributed by atoms with Gasteiger partial charge in [-0.2, -0.15) is 0 Å². The topological polar surface area (TPSA) is 43.8 Å². The number of nitrogens with zero attached hydrogens (tertiary/aromatic N) is 2. The molecule has 1 aromatic carbocycles. The zero-order valence-electron chi connectivity index (χ0n) is 15.3. The molecule has 1 N–H and O–H groups in total. The number of benzene rings is 1. The van der Waals surface area contributed by atoms with Crippen LogP contribution in [-0.2, 0) is 0 Å². The van der Waals surface area contributed by atoms with Crippen molar-refractivity contribution in [1.29, 1.82) is 0 Å². The second-order valence-electron chi connectivity index (χ2n) is 7.79. The molecule has 2 aliphatic heterocycles. The first-order valence-corrected chi connectivity index (χ1v) is 9.20. The van der Waals surface area contributed by atoms with Gasteiger partial charge in [0.2, 0.25) is 0 Å². The maximum absolute atomic E-state index is 13.0. The summed E-state index contributed by atoms with van der Waals surface area (Å²) in [5.74, 6) is 0.0650. The SMILES string of the molecule is Cc1cc(C)c(C(=O)N2CCCC(O)(CN3CCCC3)C2)cc1C. The van der Waals surface area contributed by atoms with Gasteiger partial charge in [0, 0.05) is 18.7 Å². The van der Waals surface area contributed by atoms with Crippen LogP contribution in [0.3, 0.4) is 0 Å². The summed E-state index contributed by atoms with van der Waals surface area (Å²) >= 11 is 0. The van der Waals surface area contributed by atoms with Crippen molar-refractivity contribution in [2.45, 2.75) is 52.1 Å². The van der Waals surface area contributed by atoms with Crippen molar-refractivity contribution in [2.75, 3.05) is 32.7 Å². The van der Waals surface area contributed by atoms with Crippen molar-refractivity contribution in [2.24, 2.45) is 0 Å². The maximum Gasteiger partial charge on any atom is 0.254 e. The van der Waals surface area contributed by atoms with Gasteiger partial charge in [0.1, 0.15) is 0 Å². The van der Waals surface area contributed by atoms with E-state index < -0.39 is 5.60 Å². The molecule has 2 saturated heterocycles. The van der Waals surface area contributed by atoms with Gasteiger partial charge in [0.25, 0.3) is 5.91 Å². The first-order chi connectivity index (χ1) is 11.4. The molecule has 0 aromatic heterocycles. The predicted octanol–water partition coefficient (Wildman–Crippen LogP) is 2.67. The van der Waals surface area contributed by atoms with E-state index in [-0.39, 0.29) is 5.91 Å². The number of piperidine rings is 1. The Morgan fingerprint density at radius 1 is 1.04 bits per heavy atom. The third kappa shape index (κ3) is 3.65. The molecule has 1 unspecified atom stereocenters. The minimum absolute atomic E-state index is 0.0650. The summed E-state index contributed by atoms with van der Waals surface area (Å²) in [4.78, 5) is 17.2. The summed E-state index contributed by atoms with van der Waals surface area (Å²) in [6, 6.07) is 4.09. The average molecular weight is 330 g/mol. The number of aliphatic hydroxyl groups is 1. The molecule has 0 bridgehead atoms. The highest BCUT2D eigenvalue weighted by Crippen LogP contribution is 2.26. The van der Waals surface area contributed by atoms with Crippen molar-refractivity contribution < 1.29 is 9.90 Å². The quantitative estimate of drug-likeness (QED) is 0.927. The molecule has 0 radical (unpaired) electrons. The van der Waals surface area contributed by atoms with E-state index in [1.54, 1.807) is 0 Å². The van der Waals surface area contributed by atoms with Crippen molar-refractivity contribution >= 4 is 5.91 Å². The molecule has 2 aliphatic rings. The number of aryl methyl sites for hydroxylation is 3. The number of β-amino-alcohol motifs (C(OH)–C–C–N with tert-alkyl or cyclic N) is 1. The molecule has 1 atom stereocenters. The molecular formula is C20H30N2O2. The van der Waals surface area contributed by atoms with E-state index in [0.717, 1.165) is 49.2 Å². The minimum Gasteiger partial charge on any atom is -0.387 e. The van der Waals surface area contributed by atoms with E-state index in [1.807, 2.05) is 24.8 Å². The summed E-state index contributed by atoms with van der Waals surface area (Å²) in [5.41, 5.74) is 3.41. The monoisotopic (exact) mass is 330 g/mol. The van der Waals surface area contributed by atoms with Crippen LogP contribution in [0, 0.1) is 20.8 Å². The number of carbonyl (C=O) groups is 1. The van der Waals surface area contributed by atoms with Gasteiger partial charge in [0.05, 0.1) is 12.1 Å². The molecule has 132 valence electrons. The lowest BCUT2D eigenvalue weighted by Crippen LogP contribution is -2.55. The predicted molar refractivity (Wildman–Crippen MR) is 96.4 cm³/mol. The van der Waals surface area contributed by atoms with Crippen LogP contribution >= 0.6 is 0 Å². The van der Waals surface area contributed by atoms with Crippen LogP contribution in [0.4, 0.5) is 0 Å². The summed E-state index contributed by atoms with van der Waals surface area (Å²) in [6.45, 7) is 10.2. The molecule has 2 fully saturated rings. The van der Waals surface area contributed by atoms with Crippen LogP contribution in [0.25, 0.3) is 0 Å². The number of hydrogen-bond donors (Lipinski definition) is 1. The molecule has 0 aliphatic carbocycles.